The molecule has 0 saturated heterocycles. The lowest BCUT2D eigenvalue weighted by Crippen LogP contribution is -2.11. The molecule has 1 atom stereocenters. The summed E-state index contributed by atoms with van der Waals surface area (Å²) in [5.41, 5.74) is 1.13. The third kappa shape index (κ3) is 2.20. The zero-order chi connectivity index (χ0) is 19.6. The molecule has 0 saturated carbocycles. The molecule has 0 aromatic heterocycles. The highest BCUT2D eigenvalue weighted by atomic mass is 16.6. The molecule has 2 aliphatic rings. The lowest BCUT2D eigenvalue weighted by Gasteiger charge is -2.17. The van der Waals surface area contributed by atoms with Crippen LogP contribution in [0.5, 0.6) is 28.7 Å². The van der Waals surface area contributed by atoms with E-state index in [1.165, 1.54) is 14.0 Å². The second kappa shape index (κ2) is 5.62. The van der Waals surface area contributed by atoms with Gasteiger partial charge in [-0.3, -0.25) is 0 Å². The number of phenols is 1. The highest BCUT2D eigenvalue weighted by Gasteiger charge is 2.42. The van der Waals surface area contributed by atoms with Gasteiger partial charge in [0.05, 0.1) is 12.7 Å². The lowest BCUT2D eigenvalue weighted by atomic mass is 10.0. The van der Waals surface area contributed by atoms with Gasteiger partial charge in [0.25, 0.3) is 0 Å². The zero-order valence-electron chi connectivity index (χ0n) is 15.0. The number of fused-ring (bicyclic) bond motifs is 4. The first-order valence-corrected chi connectivity index (χ1v) is 8.12. The number of rotatable bonds is 1. The second-order valence-corrected chi connectivity index (χ2v) is 6.39. The van der Waals surface area contributed by atoms with Crippen molar-refractivity contribution in [1.29, 1.82) is 0 Å². The molecule has 2 N–H and O–H groups in total. The molecule has 2 aliphatic heterocycles. The molecule has 0 spiro atoms. The second-order valence-electron chi connectivity index (χ2n) is 6.39. The van der Waals surface area contributed by atoms with Crippen LogP contribution >= 0.6 is 0 Å². The van der Waals surface area contributed by atoms with Crippen molar-refractivity contribution in [3.8, 4) is 28.7 Å². The first-order chi connectivity index (χ1) is 12.8. The summed E-state index contributed by atoms with van der Waals surface area (Å²) in [5, 5.41) is 20.5. The maximum atomic E-state index is 12.8. The Balaban J connectivity index is 2.07. The van der Waals surface area contributed by atoms with Crippen LogP contribution in [0.2, 0.25) is 0 Å². The molecular weight excluding hydrogens is 356 g/mol. The third-order valence-electron chi connectivity index (χ3n) is 4.82. The Bertz CT molecular complexity index is 1040. The average molecular weight is 372 g/mol. The Morgan fingerprint density at radius 1 is 0.963 bits per heavy atom. The van der Waals surface area contributed by atoms with Crippen LogP contribution in [0.25, 0.3) is 0 Å². The first kappa shape index (κ1) is 17.2. The number of methoxy groups -OCH3 is 1. The van der Waals surface area contributed by atoms with E-state index in [0.29, 0.717) is 16.9 Å². The fourth-order valence-corrected chi connectivity index (χ4v) is 3.41. The van der Waals surface area contributed by atoms with Crippen LogP contribution in [0, 0.1) is 20.8 Å². The van der Waals surface area contributed by atoms with Crippen LogP contribution < -0.4 is 14.2 Å². The van der Waals surface area contributed by atoms with Gasteiger partial charge in [-0.2, -0.15) is 0 Å². The third-order valence-corrected chi connectivity index (χ3v) is 4.82. The van der Waals surface area contributed by atoms with E-state index >= 15 is 0 Å². The van der Waals surface area contributed by atoms with Crippen molar-refractivity contribution in [3.05, 3.63) is 39.4 Å². The molecule has 0 aliphatic carbocycles. The predicted molar refractivity (Wildman–Crippen MR) is 90.7 cm³/mol. The van der Waals surface area contributed by atoms with Gasteiger partial charge in [0, 0.05) is 11.1 Å². The molecule has 0 fully saturated rings. The summed E-state index contributed by atoms with van der Waals surface area (Å²) in [6.07, 6.45) is -1.65. The Morgan fingerprint density at radius 3 is 2.33 bits per heavy atom. The highest BCUT2D eigenvalue weighted by molar-refractivity contribution is 6.02. The highest BCUT2D eigenvalue weighted by Crippen LogP contribution is 2.53. The number of aryl methyl sites for hydroxylation is 1. The quantitative estimate of drug-likeness (QED) is 0.581. The summed E-state index contributed by atoms with van der Waals surface area (Å²) in [6.45, 7) is 4.89. The van der Waals surface area contributed by atoms with Crippen molar-refractivity contribution >= 4 is 11.9 Å². The minimum Gasteiger partial charge on any atom is -0.507 e. The molecule has 0 radical (unpaired) electrons. The molecule has 2 aromatic rings. The molecule has 0 bridgehead atoms. The number of hydrogen-bond donors (Lipinski definition) is 2. The molecule has 2 aromatic carbocycles. The summed E-state index contributed by atoms with van der Waals surface area (Å²) in [6, 6.07) is 1.69. The van der Waals surface area contributed by atoms with Crippen LogP contribution in [0.4, 0.5) is 0 Å². The van der Waals surface area contributed by atoms with E-state index in [2.05, 4.69) is 0 Å². The van der Waals surface area contributed by atoms with Crippen molar-refractivity contribution in [1.82, 2.24) is 0 Å². The molecule has 8 heteroatoms. The van der Waals surface area contributed by atoms with E-state index in [1.807, 2.05) is 0 Å². The standard InChI is InChI=1S/C19H16O8/c1-6-5-9(24-4)7(2)14-10(6)17(21)26-15-8(3)13(20)11-12(16(15)25-14)19(23)27-18(11)22/h5,19-20,23H,1-4H3/t19-/m1/s1. The van der Waals surface area contributed by atoms with Gasteiger partial charge in [0.1, 0.15) is 28.4 Å². The maximum Gasteiger partial charge on any atom is 0.347 e. The van der Waals surface area contributed by atoms with E-state index in [-0.39, 0.29) is 39.5 Å². The number of carbonyl (C=O) groups excluding carboxylic acids is 2. The summed E-state index contributed by atoms with van der Waals surface area (Å²) >= 11 is 0. The average Bonchev–Trinajstić information content (AvgIpc) is 2.81. The molecule has 0 unspecified atom stereocenters. The van der Waals surface area contributed by atoms with E-state index in [9.17, 15) is 19.8 Å². The summed E-state index contributed by atoms with van der Waals surface area (Å²) in [5.74, 6) is -1.45. The van der Waals surface area contributed by atoms with Gasteiger partial charge in [-0.1, -0.05) is 0 Å². The summed E-state index contributed by atoms with van der Waals surface area (Å²) < 4.78 is 21.6. The Morgan fingerprint density at radius 2 is 1.67 bits per heavy atom. The van der Waals surface area contributed by atoms with E-state index < -0.39 is 24.0 Å². The number of aromatic hydroxyl groups is 1. The van der Waals surface area contributed by atoms with Crippen LogP contribution in [0.1, 0.15) is 49.3 Å². The lowest BCUT2D eigenvalue weighted by molar-refractivity contribution is -0.0555. The first-order valence-electron chi connectivity index (χ1n) is 8.12. The summed E-state index contributed by atoms with van der Waals surface area (Å²) in [4.78, 5) is 24.8. The van der Waals surface area contributed by atoms with Crippen LogP contribution in [0.15, 0.2) is 6.07 Å². The molecule has 4 rings (SSSR count). The molecule has 140 valence electrons. The van der Waals surface area contributed by atoms with Gasteiger partial charge in [-0.25, -0.2) is 9.59 Å². The zero-order valence-corrected chi connectivity index (χ0v) is 15.0. The molecular formula is C19H16O8. The number of hydrogen-bond acceptors (Lipinski definition) is 8. The molecule has 8 nitrogen and oxygen atoms in total. The number of benzene rings is 2. The van der Waals surface area contributed by atoms with Gasteiger partial charge in [-0.05, 0) is 32.4 Å². The van der Waals surface area contributed by atoms with Crippen LogP contribution in [0.3, 0.4) is 0 Å². The molecule has 27 heavy (non-hydrogen) atoms. The molecule has 2 heterocycles. The largest absolute Gasteiger partial charge is 0.507 e. The SMILES string of the molecule is COc1cc(C)c2c(c1C)Oc1c(c(C)c(O)c3c1[C@H](O)OC3=O)OC2=O. The van der Waals surface area contributed by atoms with Gasteiger partial charge in [0.15, 0.2) is 11.5 Å². The van der Waals surface area contributed by atoms with Crippen molar-refractivity contribution in [2.24, 2.45) is 0 Å². The van der Waals surface area contributed by atoms with Crippen molar-refractivity contribution in [2.45, 2.75) is 27.1 Å². The van der Waals surface area contributed by atoms with Crippen LogP contribution in [-0.2, 0) is 4.74 Å². The number of aliphatic hydroxyl groups excluding tert-OH is 1. The van der Waals surface area contributed by atoms with Gasteiger partial charge in [-0.15, -0.1) is 0 Å². The predicted octanol–water partition coefficient (Wildman–Crippen LogP) is 2.81. The Kier molecular flexibility index (Phi) is 3.57. The normalized spacial score (nSPS) is 17.1. The number of ether oxygens (including phenoxy) is 4. The van der Waals surface area contributed by atoms with Crippen molar-refractivity contribution in [2.75, 3.05) is 7.11 Å². The van der Waals surface area contributed by atoms with Gasteiger partial charge in [0.2, 0.25) is 6.29 Å². The Hall–Kier alpha value is -3.26. The van der Waals surface area contributed by atoms with Gasteiger partial charge < -0.3 is 29.2 Å². The topological polar surface area (TPSA) is 112 Å². The fraction of sp³-hybridized carbons (Fsp3) is 0.263. The van der Waals surface area contributed by atoms with E-state index in [4.69, 9.17) is 18.9 Å². The van der Waals surface area contributed by atoms with E-state index in [1.54, 1.807) is 19.9 Å². The smallest absolute Gasteiger partial charge is 0.347 e. The number of cyclic esters (lactones) is 1. The maximum absolute atomic E-state index is 12.8. The number of aliphatic hydroxyl groups is 1. The minimum absolute atomic E-state index is 0.0542. The monoisotopic (exact) mass is 372 g/mol. The Labute approximate surface area is 153 Å². The minimum atomic E-state index is -1.65. The molecule has 0 amide bonds. The number of esters is 2. The number of carbonyl (C=O) groups is 2. The van der Waals surface area contributed by atoms with Crippen molar-refractivity contribution in [3.63, 3.8) is 0 Å². The number of phenolic OH excluding ortho intramolecular Hbond substituents is 1. The van der Waals surface area contributed by atoms with E-state index in [0.717, 1.165) is 0 Å². The van der Waals surface area contributed by atoms with Gasteiger partial charge >= 0.3 is 11.9 Å². The van der Waals surface area contributed by atoms with Crippen LogP contribution in [-0.4, -0.2) is 29.3 Å². The fourth-order valence-electron chi connectivity index (χ4n) is 3.41. The summed E-state index contributed by atoms with van der Waals surface area (Å²) in [7, 11) is 1.49. The van der Waals surface area contributed by atoms with Crippen molar-refractivity contribution < 1.29 is 38.7 Å².